The minimum atomic E-state index is -3.70. The van der Waals surface area contributed by atoms with Gasteiger partial charge >= 0.3 is 0 Å². The zero-order chi connectivity index (χ0) is 28.6. The summed E-state index contributed by atoms with van der Waals surface area (Å²) in [6.07, 6.45) is 0. The number of rotatable bonds is 3. The number of aromatic nitrogens is 3. The van der Waals surface area contributed by atoms with E-state index in [1.165, 1.54) is 0 Å². The van der Waals surface area contributed by atoms with Gasteiger partial charge in [-0.3, -0.25) is 0 Å². The normalized spacial score (nSPS) is 15.0. The first-order valence-electron chi connectivity index (χ1n) is 13.1. The first-order chi connectivity index (χ1) is 20.3. The van der Waals surface area contributed by atoms with E-state index in [0.717, 1.165) is 5.56 Å². The van der Waals surface area contributed by atoms with Crippen molar-refractivity contribution >= 4 is 19.7 Å². The molecule has 5 aromatic carbocycles. The lowest BCUT2D eigenvalue weighted by Crippen LogP contribution is -2.02. The van der Waals surface area contributed by atoms with E-state index in [4.69, 9.17) is 15.0 Å². The minimum Gasteiger partial charge on any atom is -0.218 e. The zero-order valence-electron chi connectivity index (χ0n) is 21.8. The summed E-state index contributed by atoms with van der Waals surface area (Å²) < 4.78 is 53.6. The lowest BCUT2D eigenvalue weighted by Gasteiger charge is -2.10. The smallest absolute Gasteiger partial charge is 0.207 e. The third-order valence-corrected chi connectivity index (χ3v) is 11.4. The molecular formula is C33H19N3O4S2. The summed E-state index contributed by atoms with van der Waals surface area (Å²) in [7, 11) is -7.41. The van der Waals surface area contributed by atoms with Gasteiger partial charge in [0.25, 0.3) is 0 Å². The summed E-state index contributed by atoms with van der Waals surface area (Å²) in [6.45, 7) is 0. The van der Waals surface area contributed by atoms with Gasteiger partial charge in [-0.15, -0.1) is 0 Å². The van der Waals surface area contributed by atoms with E-state index in [1.54, 1.807) is 72.8 Å². The third-order valence-electron chi connectivity index (χ3n) is 7.66. The zero-order valence-corrected chi connectivity index (χ0v) is 23.4. The Bertz CT molecular complexity index is 2190. The largest absolute Gasteiger partial charge is 0.218 e. The highest BCUT2D eigenvalue weighted by atomic mass is 32.2. The molecule has 0 radical (unpaired) electrons. The molecule has 0 bridgehead atoms. The Hall–Kier alpha value is -4.99. The molecule has 9 heteroatoms. The highest BCUT2D eigenvalue weighted by Gasteiger charge is 2.34. The van der Waals surface area contributed by atoms with Crippen molar-refractivity contribution in [2.24, 2.45) is 0 Å². The second kappa shape index (κ2) is 8.75. The van der Waals surface area contributed by atoms with Gasteiger partial charge in [-0.2, -0.15) is 0 Å². The van der Waals surface area contributed by atoms with Crippen molar-refractivity contribution in [3.63, 3.8) is 0 Å². The molecular weight excluding hydrogens is 567 g/mol. The lowest BCUT2D eigenvalue weighted by atomic mass is 10.0. The van der Waals surface area contributed by atoms with Gasteiger partial charge in [-0.05, 0) is 24.3 Å². The van der Waals surface area contributed by atoms with Gasteiger partial charge in [-0.25, -0.2) is 31.8 Å². The van der Waals surface area contributed by atoms with Crippen molar-refractivity contribution in [1.82, 2.24) is 15.0 Å². The van der Waals surface area contributed by atoms with E-state index in [9.17, 15) is 16.8 Å². The Morgan fingerprint density at radius 3 is 1.21 bits per heavy atom. The quantitative estimate of drug-likeness (QED) is 0.233. The van der Waals surface area contributed by atoms with E-state index in [2.05, 4.69) is 0 Å². The van der Waals surface area contributed by atoms with E-state index in [-0.39, 0.29) is 31.2 Å². The fraction of sp³-hybridized carbons (Fsp3) is 0. The lowest BCUT2D eigenvalue weighted by molar-refractivity contribution is 0.597. The van der Waals surface area contributed by atoms with Crippen LogP contribution in [-0.2, 0) is 19.7 Å². The predicted octanol–water partition coefficient (Wildman–Crippen LogP) is 6.50. The van der Waals surface area contributed by atoms with Crippen LogP contribution in [0.15, 0.2) is 135 Å². The van der Waals surface area contributed by atoms with Crippen LogP contribution in [0.25, 0.3) is 56.4 Å². The number of fused-ring (bicyclic) bond motifs is 6. The van der Waals surface area contributed by atoms with Crippen molar-refractivity contribution in [3.05, 3.63) is 115 Å². The van der Waals surface area contributed by atoms with Gasteiger partial charge in [0.2, 0.25) is 19.7 Å². The molecule has 1 aromatic heterocycles. The molecule has 6 aromatic rings. The molecule has 42 heavy (non-hydrogen) atoms. The molecule has 0 amide bonds. The van der Waals surface area contributed by atoms with Crippen LogP contribution in [-0.4, -0.2) is 31.8 Å². The van der Waals surface area contributed by atoms with Crippen LogP contribution in [0.1, 0.15) is 0 Å². The number of nitrogens with zero attached hydrogens (tertiary/aromatic N) is 3. The molecule has 7 nitrogen and oxygen atoms in total. The van der Waals surface area contributed by atoms with Crippen LogP contribution in [0.5, 0.6) is 0 Å². The first-order valence-corrected chi connectivity index (χ1v) is 16.1. The Labute approximate surface area is 242 Å². The second-order valence-electron chi connectivity index (χ2n) is 10.1. The monoisotopic (exact) mass is 585 g/mol. The fourth-order valence-electron chi connectivity index (χ4n) is 5.65. The van der Waals surface area contributed by atoms with E-state index < -0.39 is 19.7 Å². The Morgan fingerprint density at radius 2 is 0.738 bits per heavy atom. The van der Waals surface area contributed by atoms with Crippen molar-refractivity contribution in [3.8, 4) is 56.4 Å². The number of hydrogen-bond donors (Lipinski definition) is 0. The van der Waals surface area contributed by atoms with Gasteiger partial charge in [0.15, 0.2) is 17.5 Å². The molecule has 2 aliphatic heterocycles. The topological polar surface area (TPSA) is 107 Å². The highest BCUT2D eigenvalue weighted by molar-refractivity contribution is 7.92. The van der Waals surface area contributed by atoms with Crippen LogP contribution in [0, 0.1) is 0 Å². The summed E-state index contributed by atoms with van der Waals surface area (Å²) in [6, 6.07) is 33.6. The molecule has 0 saturated heterocycles. The maximum absolute atomic E-state index is 13.4. The second-order valence-corrected chi connectivity index (χ2v) is 13.9. The number of sulfone groups is 2. The van der Waals surface area contributed by atoms with E-state index >= 15 is 0 Å². The van der Waals surface area contributed by atoms with E-state index in [1.807, 2.05) is 42.5 Å². The van der Waals surface area contributed by atoms with Crippen molar-refractivity contribution in [2.75, 3.05) is 0 Å². The van der Waals surface area contributed by atoms with Gasteiger partial charge in [0.05, 0.1) is 19.6 Å². The van der Waals surface area contributed by atoms with Crippen molar-refractivity contribution in [1.29, 1.82) is 0 Å². The molecule has 202 valence electrons. The van der Waals surface area contributed by atoms with Crippen LogP contribution in [0.2, 0.25) is 0 Å². The van der Waals surface area contributed by atoms with Crippen LogP contribution in [0.4, 0.5) is 0 Å². The summed E-state index contributed by atoms with van der Waals surface area (Å²) in [5.74, 6) is 0.938. The Balaban J connectivity index is 1.32. The highest BCUT2D eigenvalue weighted by Crippen LogP contribution is 2.45. The maximum atomic E-state index is 13.4. The van der Waals surface area contributed by atoms with Gasteiger partial charge < -0.3 is 0 Å². The Morgan fingerprint density at radius 1 is 0.357 bits per heavy atom. The SMILES string of the molecule is O=S1(=O)c2ccccc2-c2ccc(-c3nc(-c4ccccc4)nc(-c4ccc5c(c4)S(=O)(=O)c4ccccc4-5)n3)cc21. The summed E-state index contributed by atoms with van der Waals surface area (Å²) in [4.78, 5) is 15.1. The standard InChI is InChI=1S/C33H19N3O4S2/c37-41(38)27-12-6-4-10-23(27)25-16-14-21(18-29(25)41)32-34-31(20-8-2-1-3-9-20)35-33(36-32)22-15-17-26-24-11-5-7-13-28(24)42(39,40)30(26)19-22/h1-19H. The molecule has 0 N–H and O–H groups in total. The average molecular weight is 586 g/mol. The molecule has 3 heterocycles. The Kier molecular flexibility index (Phi) is 5.16. The van der Waals surface area contributed by atoms with E-state index in [0.29, 0.717) is 39.2 Å². The minimum absolute atomic E-state index is 0.200. The average Bonchev–Trinajstić information content (AvgIpc) is 3.40. The van der Waals surface area contributed by atoms with Crippen molar-refractivity contribution < 1.29 is 16.8 Å². The molecule has 8 rings (SSSR count). The third kappa shape index (κ3) is 3.54. The molecule has 0 atom stereocenters. The molecule has 0 unspecified atom stereocenters. The maximum Gasteiger partial charge on any atom is 0.207 e. The van der Waals surface area contributed by atoms with Crippen LogP contribution < -0.4 is 0 Å². The summed E-state index contributed by atoms with van der Waals surface area (Å²) in [5, 5.41) is 0. The van der Waals surface area contributed by atoms with Gasteiger partial charge in [0.1, 0.15) is 0 Å². The fourth-order valence-corrected chi connectivity index (χ4v) is 9.07. The van der Waals surface area contributed by atoms with Crippen LogP contribution >= 0.6 is 0 Å². The summed E-state index contributed by atoms with van der Waals surface area (Å²) in [5.41, 5.74) is 4.36. The van der Waals surface area contributed by atoms with Gasteiger partial charge in [-0.1, -0.05) is 91.0 Å². The van der Waals surface area contributed by atoms with Crippen molar-refractivity contribution in [2.45, 2.75) is 19.6 Å². The molecule has 0 saturated carbocycles. The summed E-state index contributed by atoms with van der Waals surface area (Å²) >= 11 is 0. The van der Waals surface area contributed by atoms with Crippen LogP contribution in [0.3, 0.4) is 0 Å². The number of hydrogen-bond acceptors (Lipinski definition) is 7. The molecule has 0 aliphatic carbocycles. The molecule has 0 spiro atoms. The van der Waals surface area contributed by atoms with Gasteiger partial charge in [0, 0.05) is 38.9 Å². The molecule has 2 aliphatic rings. The predicted molar refractivity (Wildman–Crippen MR) is 158 cm³/mol. The molecule has 0 fully saturated rings. The number of benzene rings is 5. The first kappa shape index (κ1) is 24.8.